The molecule has 29 heavy (non-hydrogen) atoms. The molecule has 0 radical (unpaired) electrons. The molecule has 3 aromatic carbocycles. The lowest BCUT2D eigenvalue weighted by Gasteiger charge is -2.12. The molecule has 0 saturated heterocycles. The zero-order valence-corrected chi connectivity index (χ0v) is 16.3. The van der Waals surface area contributed by atoms with E-state index in [0.717, 1.165) is 16.9 Å². The minimum absolute atomic E-state index is 0.115. The van der Waals surface area contributed by atoms with E-state index in [-0.39, 0.29) is 11.7 Å². The second-order valence-corrected chi connectivity index (χ2v) is 6.77. The summed E-state index contributed by atoms with van der Waals surface area (Å²) in [5, 5.41) is 7.36. The minimum atomic E-state index is -0.352. The number of hydrogen-bond donors (Lipinski definition) is 1. The van der Waals surface area contributed by atoms with Crippen LogP contribution in [-0.2, 0) is 0 Å². The molecule has 0 aliphatic rings. The van der Waals surface area contributed by atoms with Crippen LogP contribution in [0.1, 0.15) is 10.6 Å². The highest BCUT2D eigenvalue weighted by Gasteiger charge is 2.18. The lowest BCUT2D eigenvalue weighted by Crippen LogP contribution is -2.14. The summed E-state index contributed by atoms with van der Waals surface area (Å²) >= 11 is 0. The summed E-state index contributed by atoms with van der Waals surface area (Å²) in [7, 11) is 3.94. The van der Waals surface area contributed by atoms with Gasteiger partial charge in [-0.15, -0.1) is 5.10 Å². The lowest BCUT2D eigenvalue weighted by atomic mass is 10.2. The van der Waals surface area contributed by atoms with Gasteiger partial charge in [0.05, 0.1) is 5.69 Å². The van der Waals surface area contributed by atoms with Gasteiger partial charge in [-0.2, -0.15) is 0 Å². The molecule has 0 spiro atoms. The van der Waals surface area contributed by atoms with E-state index in [0.29, 0.717) is 11.5 Å². The largest absolute Gasteiger partial charge is 0.378 e. The standard InChI is InChI=1S/C23H21N5O/c1-27(2)19-15-13-18(14-16-19)24-23(29)21-25-22(17-9-5-3-6-10-17)28(26-21)20-11-7-4-8-12-20/h3-16H,1-2H3,(H,24,29). The van der Waals surface area contributed by atoms with E-state index < -0.39 is 0 Å². The first-order valence-electron chi connectivity index (χ1n) is 9.28. The van der Waals surface area contributed by atoms with Gasteiger partial charge >= 0.3 is 0 Å². The number of benzene rings is 3. The molecule has 1 heterocycles. The molecule has 0 saturated carbocycles. The molecule has 6 nitrogen and oxygen atoms in total. The molecular formula is C23H21N5O. The average molecular weight is 383 g/mol. The van der Waals surface area contributed by atoms with Crippen LogP contribution in [0.25, 0.3) is 17.1 Å². The lowest BCUT2D eigenvalue weighted by molar-refractivity contribution is 0.101. The third-order valence-corrected chi connectivity index (χ3v) is 4.48. The van der Waals surface area contributed by atoms with Crippen LogP contribution >= 0.6 is 0 Å². The van der Waals surface area contributed by atoms with Gasteiger partial charge in [0.15, 0.2) is 5.82 Å². The molecule has 0 aliphatic carbocycles. The number of nitrogens with one attached hydrogen (secondary N) is 1. The fourth-order valence-corrected chi connectivity index (χ4v) is 2.96. The van der Waals surface area contributed by atoms with Crippen LogP contribution in [0.5, 0.6) is 0 Å². The van der Waals surface area contributed by atoms with Crippen LogP contribution < -0.4 is 10.2 Å². The van der Waals surface area contributed by atoms with Crippen molar-refractivity contribution in [2.45, 2.75) is 0 Å². The van der Waals surface area contributed by atoms with Gasteiger partial charge in [0, 0.05) is 31.0 Å². The van der Waals surface area contributed by atoms with Crippen molar-refractivity contribution >= 4 is 17.3 Å². The highest BCUT2D eigenvalue weighted by molar-refractivity contribution is 6.01. The summed E-state index contributed by atoms with van der Waals surface area (Å²) in [6.45, 7) is 0. The molecule has 0 aliphatic heterocycles. The Labute approximate surface area is 169 Å². The van der Waals surface area contributed by atoms with Crippen molar-refractivity contribution in [3.05, 3.63) is 90.8 Å². The number of para-hydroxylation sites is 1. The normalized spacial score (nSPS) is 10.6. The molecule has 144 valence electrons. The van der Waals surface area contributed by atoms with Gasteiger partial charge in [-0.25, -0.2) is 9.67 Å². The first kappa shape index (κ1) is 18.4. The number of carbonyl (C=O) groups excluding carboxylic acids is 1. The number of aromatic nitrogens is 3. The highest BCUT2D eigenvalue weighted by atomic mass is 16.2. The van der Waals surface area contributed by atoms with E-state index in [1.165, 1.54) is 0 Å². The first-order valence-corrected chi connectivity index (χ1v) is 9.28. The Morgan fingerprint density at radius 3 is 2.10 bits per heavy atom. The van der Waals surface area contributed by atoms with E-state index in [2.05, 4.69) is 15.4 Å². The molecule has 0 fully saturated rings. The Kier molecular flexibility index (Phi) is 5.07. The van der Waals surface area contributed by atoms with Gasteiger partial charge in [0.2, 0.25) is 5.82 Å². The van der Waals surface area contributed by atoms with Gasteiger partial charge < -0.3 is 10.2 Å². The van der Waals surface area contributed by atoms with Crippen molar-refractivity contribution in [1.29, 1.82) is 0 Å². The SMILES string of the molecule is CN(C)c1ccc(NC(=O)c2nc(-c3ccccc3)n(-c3ccccc3)n2)cc1. The Morgan fingerprint density at radius 1 is 0.862 bits per heavy atom. The maximum absolute atomic E-state index is 12.8. The van der Waals surface area contributed by atoms with E-state index in [9.17, 15) is 4.79 Å². The zero-order valence-electron chi connectivity index (χ0n) is 16.3. The topological polar surface area (TPSA) is 63.1 Å². The van der Waals surface area contributed by atoms with Crippen molar-refractivity contribution in [3.63, 3.8) is 0 Å². The molecule has 6 heteroatoms. The number of rotatable bonds is 5. The minimum Gasteiger partial charge on any atom is -0.378 e. The third kappa shape index (κ3) is 4.01. The van der Waals surface area contributed by atoms with Gasteiger partial charge in [-0.05, 0) is 36.4 Å². The molecule has 1 aromatic heterocycles. The molecule has 0 bridgehead atoms. The number of hydrogen-bond acceptors (Lipinski definition) is 4. The number of anilines is 2. The van der Waals surface area contributed by atoms with Crippen LogP contribution in [0, 0.1) is 0 Å². The average Bonchev–Trinajstić information content (AvgIpc) is 3.21. The van der Waals surface area contributed by atoms with Crippen molar-refractivity contribution in [2.75, 3.05) is 24.3 Å². The Bertz CT molecular complexity index is 1050. The van der Waals surface area contributed by atoms with Crippen molar-refractivity contribution in [1.82, 2.24) is 14.8 Å². The Balaban J connectivity index is 1.67. The number of amides is 1. The molecular weight excluding hydrogens is 362 g/mol. The fourth-order valence-electron chi connectivity index (χ4n) is 2.96. The predicted octanol–water partition coefficient (Wildman–Crippen LogP) is 4.25. The third-order valence-electron chi connectivity index (χ3n) is 4.48. The summed E-state index contributed by atoms with van der Waals surface area (Å²) in [5.74, 6) is 0.378. The van der Waals surface area contributed by atoms with Crippen LogP contribution in [0.4, 0.5) is 11.4 Å². The van der Waals surface area contributed by atoms with Crippen molar-refractivity contribution < 1.29 is 4.79 Å². The first-order chi connectivity index (χ1) is 14.1. The van der Waals surface area contributed by atoms with Crippen LogP contribution in [0.3, 0.4) is 0 Å². The van der Waals surface area contributed by atoms with E-state index >= 15 is 0 Å². The monoisotopic (exact) mass is 383 g/mol. The molecule has 0 atom stereocenters. The Morgan fingerprint density at radius 2 is 1.48 bits per heavy atom. The molecule has 1 N–H and O–H groups in total. The van der Waals surface area contributed by atoms with Crippen LogP contribution in [0.15, 0.2) is 84.9 Å². The number of nitrogens with zero attached hydrogens (tertiary/aromatic N) is 4. The number of carbonyl (C=O) groups is 1. The zero-order chi connectivity index (χ0) is 20.2. The summed E-state index contributed by atoms with van der Waals surface area (Å²) in [6.07, 6.45) is 0. The molecule has 4 aromatic rings. The highest BCUT2D eigenvalue weighted by Crippen LogP contribution is 2.22. The van der Waals surface area contributed by atoms with E-state index in [1.54, 1.807) is 4.68 Å². The van der Waals surface area contributed by atoms with Gasteiger partial charge in [0.1, 0.15) is 0 Å². The Hall–Kier alpha value is -3.93. The summed E-state index contributed by atoms with van der Waals surface area (Å²) in [5.41, 5.74) is 3.48. The molecule has 0 unspecified atom stereocenters. The summed E-state index contributed by atoms with van der Waals surface area (Å²) in [4.78, 5) is 19.3. The van der Waals surface area contributed by atoms with E-state index in [4.69, 9.17) is 0 Å². The van der Waals surface area contributed by atoms with Crippen molar-refractivity contribution in [3.8, 4) is 17.1 Å². The second kappa shape index (κ2) is 7.98. The van der Waals surface area contributed by atoms with Crippen LogP contribution in [0.2, 0.25) is 0 Å². The fraction of sp³-hybridized carbons (Fsp3) is 0.0870. The quantitative estimate of drug-likeness (QED) is 0.560. The van der Waals surface area contributed by atoms with Crippen LogP contribution in [-0.4, -0.2) is 34.8 Å². The summed E-state index contributed by atoms with van der Waals surface area (Å²) < 4.78 is 1.69. The van der Waals surface area contributed by atoms with Gasteiger partial charge in [-0.3, -0.25) is 4.79 Å². The molecule has 4 rings (SSSR count). The smallest absolute Gasteiger partial charge is 0.295 e. The van der Waals surface area contributed by atoms with E-state index in [1.807, 2.05) is 104 Å². The molecule has 1 amide bonds. The second-order valence-electron chi connectivity index (χ2n) is 6.77. The van der Waals surface area contributed by atoms with Gasteiger partial charge in [-0.1, -0.05) is 48.5 Å². The van der Waals surface area contributed by atoms with Gasteiger partial charge in [0.25, 0.3) is 5.91 Å². The van der Waals surface area contributed by atoms with Crippen molar-refractivity contribution in [2.24, 2.45) is 0 Å². The maximum Gasteiger partial charge on any atom is 0.295 e. The summed E-state index contributed by atoms with van der Waals surface area (Å²) in [6, 6.07) is 27.0. The predicted molar refractivity (Wildman–Crippen MR) is 116 cm³/mol. The maximum atomic E-state index is 12.8.